The van der Waals surface area contributed by atoms with Crippen molar-refractivity contribution in [2.75, 3.05) is 42.6 Å². The van der Waals surface area contributed by atoms with Gasteiger partial charge in [-0.1, -0.05) is 37.2 Å². The van der Waals surface area contributed by atoms with Crippen LogP contribution < -0.4 is 20.3 Å². The minimum atomic E-state index is -0.216. The number of hydrogen-bond acceptors (Lipinski definition) is 9. The lowest BCUT2D eigenvalue weighted by atomic mass is 9.92. The number of piperidine rings is 1. The first-order valence-corrected chi connectivity index (χ1v) is 13.3. The fourth-order valence-electron chi connectivity index (χ4n) is 5.21. The molecule has 3 aromatic rings. The van der Waals surface area contributed by atoms with E-state index in [9.17, 15) is 4.39 Å². The number of benzene rings is 1. The largest absolute Gasteiger partial charge is 0.490 e. The molecule has 2 saturated heterocycles. The second-order valence-electron chi connectivity index (χ2n) is 10.4. The fraction of sp³-hybridized carbons (Fsp3) is 0.556. The molecule has 2 aromatic heterocycles. The predicted molar refractivity (Wildman–Crippen MR) is 139 cm³/mol. The summed E-state index contributed by atoms with van der Waals surface area (Å²) in [6, 6.07) is 7.30. The topological polar surface area (TPSA) is 106 Å². The molecular weight excluding hydrogens is 473 g/mol. The summed E-state index contributed by atoms with van der Waals surface area (Å²) in [5.41, 5.74) is 6.98. The minimum Gasteiger partial charge on any atom is -0.490 e. The van der Waals surface area contributed by atoms with Gasteiger partial charge >= 0.3 is 6.01 Å². The maximum absolute atomic E-state index is 14.2. The van der Waals surface area contributed by atoms with Crippen LogP contribution in [-0.2, 0) is 0 Å². The molecule has 2 fully saturated rings. The van der Waals surface area contributed by atoms with E-state index in [-0.39, 0.29) is 23.7 Å². The predicted octanol–water partition coefficient (Wildman–Crippen LogP) is 4.13. The Balaban J connectivity index is 1.03. The molecule has 10 heteroatoms. The molecule has 4 heterocycles. The van der Waals surface area contributed by atoms with Crippen molar-refractivity contribution in [3.63, 3.8) is 0 Å². The van der Waals surface area contributed by atoms with Crippen LogP contribution in [0.15, 0.2) is 41.2 Å². The van der Waals surface area contributed by atoms with Gasteiger partial charge in [0.05, 0.1) is 19.0 Å². The highest BCUT2D eigenvalue weighted by Gasteiger charge is 2.34. The van der Waals surface area contributed by atoms with Crippen LogP contribution in [0.5, 0.6) is 5.75 Å². The Morgan fingerprint density at radius 1 is 1.11 bits per heavy atom. The van der Waals surface area contributed by atoms with E-state index in [1.54, 1.807) is 24.5 Å². The van der Waals surface area contributed by atoms with Crippen LogP contribution in [0.25, 0.3) is 0 Å². The number of halogens is 1. The van der Waals surface area contributed by atoms with Crippen molar-refractivity contribution >= 4 is 12.0 Å². The van der Waals surface area contributed by atoms with Gasteiger partial charge in [0, 0.05) is 44.1 Å². The zero-order valence-electron chi connectivity index (χ0n) is 21.6. The van der Waals surface area contributed by atoms with Crippen LogP contribution >= 0.6 is 0 Å². The summed E-state index contributed by atoms with van der Waals surface area (Å²) in [4.78, 5) is 17.7. The van der Waals surface area contributed by atoms with Gasteiger partial charge in [-0.25, -0.2) is 14.4 Å². The Hall–Kier alpha value is -3.27. The Morgan fingerprint density at radius 3 is 2.57 bits per heavy atom. The number of nitrogens with zero attached hydrogens (tertiary/aromatic N) is 6. The highest BCUT2D eigenvalue weighted by atomic mass is 19.1. The van der Waals surface area contributed by atoms with Crippen molar-refractivity contribution in [1.29, 1.82) is 0 Å². The van der Waals surface area contributed by atoms with Crippen molar-refractivity contribution in [2.24, 2.45) is 11.7 Å². The zero-order chi connectivity index (χ0) is 25.8. The van der Waals surface area contributed by atoms with E-state index in [0.29, 0.717) is 48.9 Å². The first kappa shape index (κ1) is 25.4. The van der Waals surface area contributed by atoms with E-state index >= 15 is 0 Å². The Morgan fingerprint density at radius 2 is 1.86 bits per heavy atom. The van der Waals surface area contributed by atoms with Gasteiger partial charge in [-0.2, -0.15) is 4.98 Å². The van der Waals surface area contributed by atoms with Gasteiger partial charge in [-0.05, 0) is 43.2 Å². The molecule has 0 bridgehead atoms. The number of anilines is 2. The number of aromatic nitrogens is 4. The summed E-state index contributed by atoms with van der Waals surface area (Å²) in [5.74, 6) is 2.66. The molecule has 0 amide bonds. The van der Waals surface area contributed by atoms with Crippen molar-refractivity contribution < 1.29 is 13.7 Å². The van der Waals surface area contributed by atoms with Crippen LogP contribution in [0, 0.1) is 11.7 Å². The number of hydrogen-bond donors (Lipinski definition) is 1. The van der Waals surface area contributed by atoms with Crippen molar-refractivity contribution in [1.82, 2.24) is 20.1 Å². The molecule has 0 radical (unpaired) electrons. The van der Waals surface area contributed by atoms with E-state index in [2.05, 4.69) is 38.9 Å². The van der Waals surface area contributed by atoms with Crippen LogP contribution in [0.3, 0.4) is 0 Å². The molecule has 2 atom stereocenters. The summed E-state index contributed by atoms with van der Waals surface area (Å²) in [6.07, 6.45) is 7.75. The average Bonchev–Trinajstić information content (AvgIpc) is 3.55. The third-order valence-corrected chi connectivity index (χ3v) is 7.43. The summed E-state index contributed by atoms with van der Waals surface area (Å²) in [5, 5.41) is 4.07. The zero-order valence-corrected chi connectivity index (χ0v) is 21.6. The van der Waals surface area contributed by atoms with E-state index < -0.39 is 0 Å². The quantitative estimate of drug-likeness (QED) is 0.426. The lowest BCUT2D eigenvalue weighted by Crippen LogP contribution is -2.34. The van der Waals surface area contributed by atoms with Crippen LogP contribution in [0.4, 0.5) is 16.4 Å². The molecule has 9 nitrogen and oxygen atoms in total. The summed E-state index contributed by atoms with van der Waals surface area (Å²) in [6.45, 7) is 7.83. The number of nitrogens with two attached hydrogens (primary N) is 1. The van der Waals surface area contributed by atoms with E-state index in [1.807, 2.05) is 11.0 Å². The maximum Gasteiger partial charge on any atom is 0.324 e. The van der Waals surface area contributed by atoms with Gasteiger partial charge in [0.25, 0.3) is 0 Å². The normalized spacial score (nSPS) is 20.7. The van der Waals surface area contributed by atoms with Gasteiger partial charge in [-0.15, -0.1) is 0 Å². The van der Waals surface area contributed by atoms with E-state index in [1.165, 1.54) is 6.07 Å². The monoisotopic (exact) mass is 509 g/mol. The van der Waals surface area contributed by atoms with Crippen LogP contribution in [-0.4, -0.2) is 58.9 Å². The number of rotatable bonds is 9. The lowest BCUT2D eigenvalue weighted by Gasteiger charge is -2.30. The first-order valence-electron chi connectivity index (χ1n) is 13.3. The maximum atomic E-state index is 14.2. The van der Waals surface area contributed by atoms with Crippen molar-refractivity contribution in [3.05, 3.63) is 53.9 Å². The minimum absolute atomic E-state index is 0.0860. The molecule has 2 aliphatic heterocycles. The third kappa shape index (κ3) is 6.01. The number of ether oxygens (including phenoxy) is 1. The van der Waals surface area contributed by atoms with Gasteiger partial charge in [0.1, 0.15) is 5.82 Å². The van der Waals surface area contributed by atoms with Gasteiger partial charge < -0.3 is 24.8 Å². The Kier molecular flexibility index (Phi) is 7.83. The van der Waals surface area contributed by atoms with Crippen LogP contribution in [0.1, 0.15) is 62.8 Å². The Labute approximate surface area is 217 Å². The highest BCUT2D eigenvalue weighted by Crippen LogP contribution is 2.30. The summed E-state index contributed by atoms with van der Waals surface area (Å²) >= 11 is 0. The van der Waals surface area contributed by atoms with Gasteiger partial charge in [0.15, 0.2) is 11.6 Å². The molecule has 37 heavy (non-hydrogen) atoms. The van der Waals surface area contributed by atoms with E-state index in [0.717, 1.165) is 44.6 Å². The highest BCUT2D eigenvalue weighted by molar-refractivity contribution is 5.38. The fourth-order valence-corrected chi connectivity index (χ4v) is 5.21. The third-order valence-electron chi connectivity index (χ3n) is 7.43. The second kappa shape index (κ2) is 11.4. The molecule has 0 saturated carbocycles. The molecule has 0 aliphatic carbocycles. The Bertz CT molecular complexity index is 1150. The van der Waals surface area contributed by atoms with Crippen molar-refractivity contribution in [2.45, 2.75) is 57.4 Å². The molecule has 1 aromatic carbocycles. The van der Waals surface area contributed by atoms with Gasteiger partial charge in [0.2, 0.25) is 5.95 Å². The smallest absolute Gasteiger partial charge is 0.324 e. The second-order valence-corrected chi connectivity index (χ2v) is 10.4. The molecule has 0 spiro atoms. The molecule has 198 valence electrons. The molecule has 0 unspecified atom stereocenters. The summed E-state index contributed by atoms with van der Waals surface area (Å²) < 4.78 is 25.6. The molecule has 5 rings (SSSR count). The lowest BCUT2D eigenvalue weighted by molar-refractivity contribution is 0.275. The van der Waals surface area contributed by atoms with Crippen molar-refractivity contribution in [3.8, 4) is 5.75 Å². The van der Waals surface area contributed by atoms with E-state index in [4.69, 9.17) is 15.0 Å². The molecular formula is C27H36FN7O2. The SMILES string of the molecule is CC(C)c1noc(N2CCC(CCCOc3cnc(N4C[C@H](c5ccccc5F)[C@@H](N)C4)nc3)CC2)n1. The first-order chi connectivity index (χ1) is 18.0. The van der Waals surface area contributed by atoms with Crippen LogP contribution in [0.2, 0.25) is 0 Å². The van der Waals surface area contributed by atoms with Gasteiger partial charge in [-0.3, -0.25) is 0 Å². The molecule has 2 aliphatic rings. The molecule has 2 N–H and O–H groups in total. The average molecular weight is 510 g/mol. The summed E-state index contributed by atoms with van der Waals surface area (Å²) in [7, 11) is 0. The standard InChI is InChI=1S/C27H36FN7O2/c1-18(2)25-32-27(37-33-25)34-11-9-19(10-12-34)6-5-13-36-20-14-30-26(31-15-20)35-16-22(24(29)17-35)21-7-3-4-8-23(21)28/h3-4,7-8,14-15,18-19,22,24H,5-6,9-13,16-17,29H2,1-2H3/t22-,24+/m1/s1.